The zero-order valence-corrected chi connectivity index (χ0v) is 12.2. The van der Waals surface area contributed by atoms with Gasteiger partial charge in [0, 0.05) is 12.0 Å². The average molecular weight is 299 g/mol. The van der Waals surface area contributed by atoms with Gasteiger partial charge in [-0.1, -0.05) is 6.42 Å². The molecule has 1 unspecified atom stereocenters. The Morgan fingerprint density at radius 2 is 2.10 bits per heavy atom. The number of nitrogens with one attached hydrogen (secondary N) is 1. The van der Waals surface area contributed by atoms with Crippen LogP contribution >= 0.6 is 0 Å². The first-order chi connectivity index (χ1) is 9.29. The van der Waals surface area contributed by atoms with Crippen LogP contribution in [0.4, 0.5) is 0 Å². The molecule has 1 aromatic rings. The molecule has 1 saturated carbocycles. The summed E-state index contributed by atoms with van der Waals surface area (Å²) in [4.78, 5) is 11.6. The smallest absolute Gasteiger partial charge is 0.322 e. The molecule has 3 rings (SSSR count). The molecule has 2 N–H and O–H groups in total. The first kappa shape index (κ1) is 13.6. The van der Waals surface area contributed by atoms with Crippen LogP contribution in [0.5, 0.6) is 0 Å². The molecule has 1 saturated heterocycles. The average Bonchev–Trinajstić information content (AvgIpc) is 2.53. The summed E-state index contributed by atoms with van der Waals surface area (Å²) in [5.74, 6) is -1.06. The fourth-order valence-electron chi connectivity index (χ4n) is 3.39. The zero-order chi connectivity index (χ0) is 14.7. The van der Waals surface area contributed by atoms with Crippen molar-refractivity contribution in [2.75, 3.05) is 6.54 Å². The van der Waals surface area contributed by atoms with Crippen LogP contribution in [-0.4, -0.2) is 46.6 Å². The van der Waals surface area contributed by atoms with Gasteiger partial charge in [-0.25, -0.2) is 8.42 Å². The van der Waals surface area contributed by atoms with E-state index in [1.54, 1.807) is 13.8 Å². The quantitative estimate of drug-likeness (QED) is 0.853. The van der Waals surface area contributed by atoms with Gasteiger partial charge in [0.25, 0.3) is 0 Å². The highest BCUT2D eigenvalue weighted by Crippen LogP contribution is 2.54. The van der Waals surface area contributed by atoms with Crippen LogP contribution in [0.25, 0.3) is 0 Å². The molecule has 0 amide bonds. The lowest BCUT2D eigenvalue weighted by atomic mass is 9.59. The molecule has 8 heteroatoms. The Morgan fingerprint density at radius 3 is 2.50 bits per heavy atom. The van der Waals surface area contributed by atoms with Gasteiger partial charge in [0.15, 0.2) is 0 Å². The molecule has 1 aliphatic carbocycles. The number of aliphatic carboxylic acids is 1. The minimum Gasteiger partial charge on any atom is -0.480 e. The molecule has 0 radical (unpaired) electrons. The number of H-pyrrole nitrogens is 1. The molecule has 1 spiro atoms. The Balaban J connectivity index is 1.99. The number of aromatic amines is 1. The lowest BCUT2D eigenvalue weighted by Gasteiger charge is -2.59. The summed E-state index contributed by atoms with van der Waals surface area (Å²) in [6.07, 6.45) is 2.56. The summed E-state index contributed by atoms with van der Waals surface area (Å²) >= 11 is 0. The molecule has 2 fully saturated rings. The van der Waals surface area contributed by atoms with E-state index in [0.29, 0.717) is 17.9 Å². The Hall–Kier alpha value is -1.41. The second-order valence-corrected chi connectivity index (χ2v) is 7.60. The van der Waals surface area contributed by atoms with Gasteiger partial charge in [-0.15, -0.1) is 0 Å². The Kier molecular flexibility index (Phi) is 2.74. The van der Waals surface area contributed by atoms with Gasteiger partial charge in [-0.3, -0.25) is 9.89 Å². The second-order valence-electron chi connectivity index (χ2n) is 5.77. The molecule has 1 aromatic heterocycles. The van der Waals surface area contributed by atoms with E-state index < -0.39 is 22.0 Å². The normalized spacial score (nSPS) is 25.2. The van der Waals surface area contributed by atoms with Crippen LogP contribution in [0.1, 0.15) is 30.7 Å². The van der Waals surface area contributed by atoms with E-state index in [0.717, 1.165) is 23.6 Å². The molecule has 110 valence electrons. The van der Waals surface area contributed by atoms with E-state index in [9.17, 15) is 18.3 Å². The van der Waals surface area contributed by atoms with Crippen molar-refractivity contribution in [2.45, 2.75) is 44.0 Å². The Labute approximate surface area is 117 Å². The first-order valence-electron chi connectivity index (χ1n) is 6.56. The topological polar surface area (TPSA) is 103 Å². The highest BCUT2D eigenvalue weighted by molar-refractivity contribution is 7.89. The third-order valence-corrected chi connectivity index (χ3v) is 6.62. The van der Waals surface area contributed by atoms with Gasteiger partial charge in [-0.05, 0) is 26.7 Å². The Bertz CT molecular complexity index is 655. The van der Waals surface area contributed by atoms with Crippen molar-refractivity contribution >= 4 is 16.0 Å². The highest BCUT2D eigenvalue weighted by Gasteiger charge is 2.63. The molecule has 2 aliphatic rings. The van der Waals surface area contributed by atoms with Gasteiger partial charge in [0.2, 0.25) is 10.0 Å². The van der Waals surface area contributed by atoms with E-state index in [1.165, 1.54) is 0 Å². The maximum absolute atomic E-state index is 12.7. The number of sulfonamides is 1. The lowest BCUT2D eigenvalue weighted by molar-refractivity contribution is -0.164. The fourth-order valence-corrected chi connectivity index (χ4v) is 5.49. The number of carboxylic acids is 1. The predicted octanol–water partition coefficient (Wildman–Crippen LogP) is 0.654. The van der Waals surface area contributed by atoms with Gasteiger partial charge in [0.05, 0.1) is 11.4 Å². The minimum absolute atomic E-state index is 0.109. The standard InChI is InChI=1S/C12H17N3O4S/c1-7-9(8(2)14-13-7)20(18,19)15-6-12(4-3-5-12)10(15)11(16)17/h10H,3-6H2,1-2H3,(H,13,14)(H,16,17). The van der Waals surface area contributed by atoms with Crippen LogP contribution in [-0.2, 0) is 14.8 Å². The number of aromatic nitrogens is 2. The van der Waals surface area contributed by atoms with Gasteiger partial charge < -0.3 is 5.11 Å². The highest BCUT2D eigenvalue weighted by atomic mass is 32.2. The molecule has 7 nitrogen and oxygen atoms in total. The first-order valence-corrected chi connectivity index (χ1v) is 8.00. The van der Waals surface area contributed by atoms with Crippen LogP contribution in [0, 0.1) is 19.3 Å². The van der Waals surface area contributed by atoms with Crippen LogP contribution in [0.15, 0.2) is 4.90 Å². The van der Waals surface area contributed by atoms with Crippen molar-refractivity contribution in [3.8, 4) is 0 Å². The summed E-state index contributed by atoms with van der Waals surface area (Å²) in [6, 6.07) is -0.935. The molecule has 0 aromatic carbocycles. The van der Waals surface area contributed by atoms with Crippen molar-refractivity contribution in [2.24, 2.45) is 5.41 Å². The summed E-state index contributed by atoms with van der Waals surface area (Å²) in [6.45, 7) is 3.53. The number of carbonyl (C=O) groups is 1. The Morgan fingerprint density at radius 1 is 1.45 bits per heavy atom. The van der Waals surface area contributed by atoms with Crippen LogP contribution in [0.3, 0.4) is 0 Å². The number of hydrogen-bond acceptors (Lipinski definition) is 4. The molecule has 20 heavy (non-hydrogen) atoms. The maximum atomic E-state index is 12.7. The maximum Gasteiger partial charge on any atom is 0.322 e. The molecular formula is C12H17N3O4S. The number of carboxylic acid groups (broad SMARTS) is 1. The number of hydrogen-bond donors (Lipinski definition) is 2. The molecule has 1 aliphatic heterocycles. The van der Waals surface area contributed by atoms with E-state index in [2.05, 4.69) is 10.2 Å². The van der Waals surface area contributed by atoms with Crippen molar-refractivity contribution in [3.05, 3.63) is 11.4 Å². The van der Waals surface area contributed by atoms with E-state index >= 15 is 0 Å². The zero-order valence-electron chi connectivity index (χ0n) is 11.4. The SMILES string of the molecule is Cc1n[nH]c(C)c1S(=O)(=O)N1CC2(CCC2)C1C(=O)O. The summed E-state index contributed by atoms with van der Waals surface area (Å²) in [7, 11) is -3.80. The van der Waals surface area contributed by atoms with E-state index in [1.807, 2.05) is 0 Å². The van der Waals surface area contributed by atoms with Gasteiger partial charge in [0.1, 0.15) is 10.9 Å². The minimum atomic E-state index is -3.80. The fraction of sp³-hybridized carbons (Fsp3) is 0.667. The molecule has 1 atom stereocenters. The predicted molar refractivity (Wildman–Crippen MR) is 69.7 cm³/mol. The van der Waals surface area contributed by atoms with Gasteiger partial charge >= 0.3 is 5.97 Å². The summed E-state index contributed by atoms with van der Waals surface area (Å²) < 4.78 is 26.4. The largest absolute Gasteiger partial charge is 0.480 e. The van der Waals surface area contributed by atoms with Crippen molar-refractivity contribution in [1.29, 1.82) is 0 Å². The van der Waals surface area contributed by atoms with Crippen molar-refractivity contribution in [3.63, 3.8) is 0 Å². The monoisotopic (exact) mass is 299 g/mol. The third kappa shape index (κ3) is 1.58. The van der Waals surface area contributed by atoms with Crippen molar-refractivity contribution in [1.82, 2.24) is 14.5 Å². The number of aryl methyl sites for hydroxylation is 2. The summed E-state index contributed by atoms with van der Waals surface area (Å²) in [5, 5.41) is 15.9. The number of nitrogens with zero attached hydrogens (tertiary/aromatic N) is 2. The third-order valence-electron chi connectivity index (χ3n) is 4.55. The van der Waals surface area contributed by atoms with Crippen LogP contribution < -0.4 is 0 Å². The summed E-state index contributed by atoms with van der Waals surface area (Å²) in [5.41, 5.74) is 0.479. The van der Waals surface area contributed by atoms with Crippen molar-refractivity contribution < 1.29 is 18.3 Å². The molecule has 2 heterocycles. The second kappa shape index (κ2) is 4.05. The molecule has 0 bridgehead atoms. The van der Waals surface area contributed by atoms with E-state index in [-0.39, 0.29) is 10.3 Å². The van der Waals surface area contributed by atoms with E-state index in [4.69, 9.17) is 0 Å². The lowest BCUT2D eigenvalue weighted by Crippen LogP contribution is -2.71. The van der Waals surface area contributed by atoms with Crippen LogP contribution in [0.2, 0.25) is 0 Å². The number of rotatable bonds is 3. The van der Waals surface area contributed by atoms with Gasteiger partial charge in [-0.2, -0.15) is 9.40 Å². The molecular weight excluding hydrogens is 282 g/mol.